The number of fused-ring (bicyclic) bond motifs is 8. The first-order valence-corrected chi connectivity index (χ1v) is 70.6. The third kappa shape index (κ3) is 31.8. The van der Waals surface area contributed by atoms with Gasteiger partial charge in [-0.15, -0.1) is 0 Å². The van der Waals surface area contributed by atoms with Crippen molar-refractivity contribution in [3.8, 4) is 31.0 Å². The zero-order valence-corrected chi connectivity index (χ0v) is 94.2. The van der Waals surface area contributed by atoms with Crippen LogP contribution in [0.25, 0.3) is 41.6 Å². The van der Waals surface area contributed by atoms with Gasteiger partial charge in [0.25, 0.3) is 0 Å². The monoisotopic (exact) mass is 2250 g/mol. The number of hydrogen-bond acceptors (Lipinski definition) is 12. The number of rotatable bonds is 56. The normalized spacial score (nSPS) is 14.7. The van der Waals surface area contributed by atoms with Crippen LogP contribution in [0.15, 0.2) is 46.8 Å². The zero-order chi connectivity index (χ0) is 88.8. The Kier molecular flexibility index (Phi) is 50.6. The Morgan fingerprint density at radius 2 is 0.623 bits per heavy atom. The Bertz CT molecular complexity index is 4020. The third-order valence-electron chi connectivity index (χ3n) is 26.1. The van der Waals surface area contributed by atoms with Gasteiger partial charge in [0.15, 0.2) is 34.3 Å². The van der Waals surface area contributed by atoms with Crippen LogP contribution in [0.4, 0.5) is 17.6 Å². The molecule has 0 bridgehead atoms. The molecule has 7 nitrogen and oxygen atoms in total. The number of benzene rings is 2. The average Bonchev–Trinajstić information content (AvgIpc) is 1.57. The molecule has 0 amide bonds. The summed E-state index contributed by atoms with van der Waals surface area (Å²) < 4.78 is 92.1. The smallest absolute Gasteiger partial charge is 0.243 e. The summed E-state index contributed by atoms with van der Waals surface area (Å²) in [4.78, 5) is 9.02. The van der Waals surface area contributed by atoms with Gasteiger partial charge < -0.3 is 0 Å². The third-order valence-corrected chi connectivity index (χ3v) is 70.6. The molecule has 8 aromatic rings. The van der Waals surface area contributed by atoms with Crippen LogP contribution in [-0.2, 0) is 11.2 Å². The van der Waals surface area contributed by atoms with Crippen molar-refractivity contribution in [1.82, 2.24) is 19.1 Å². The number of hydrogen-bond donors (Lipinski definition) is 0. The van der Waals surface area contributed by atoms with Gasteiger partial charge in [0.05, 0.1) is 29.6 Å². The number of nitrogens with zero attached hydrogens (tertiary/aromatic N) is 4. The van der Waals surface area contributed by atoms with E-state index in [0.717, 1.165) is 35.4 Å². The molecule has 6 aromatic heterocycles. The molecule has 0 N–H and O–H groups in total. The van der Waals surface area contributed by atoms with E-state index < -0.39 is 60.0 Å². The van der Waals surface area contributed by atoms with Gasteiger partial charge in [-0.05, 0) is 74.0 Å². The standard InChI is InChI=1S/C34H55OS2.C30H47OS2.C6Br2F2N2O.C6Br2F2N2S.6C4H9.2Sn/c1-4-6-8-10-12-14-16-18-20-22-25-34(26-23-21-19-17-15-13-11-9-7-5-2)30-24-27-36-32(30)33-31(35-34)28-29(3)37-33;1-21(2)10-8-12-23(5)14-17-30(18-15-24(6)13-9-11-22(3)4)26-16-19-32-28(26)29-27(31-30)20-25(7)33-29;2*7-1-3(9)4(10)2(8)6-5(1)11-13-12-6;6*1-3-4-2;;/h24,28H,4-23,25-26H2,1-3H3;16,20-24H,8-15,17-18H2,1-7H3;;;6*1,3-4H2,2H3;;. The predicted octanol–water partition coefficient (Wildman–Crippen LogP) is 38.5. The van der Waals surface area contributed by atoms with E-state index in [4.69, 9.17) is 9.47 Å². The van der Waals surface area contributed by atoms with Gasteiger partial charge >= 0.3 is 576 Å². The van der Waals surface area contributed by atoms with E-state index in [1.54, 1.807) is 47.5 Å². The van der Waals surface area contributed by atoms with Gasteiger partial charge in [-0.2, -0.15) is 8.75 Å². The van der Waals surface area contributed by atoms with Gasteiger partial charge in [0.1, 0.15) is 11.0 Å². The Labute approximate surface area is 799 Å². The van der Waals surface area contributed by atoms with Crippen molar-refractivity contribution in [1.29, 1.82) is 0 Å². The van der Waals surface area contributed by atoms with Crippen LogP contribution in [0.5, 0.6) is 11.5 Å². The summed E-state index contributed by atoms with van der Waals surface area (Å²) >= 11 is 15.8. The number of aromatic nitrogens is 4. The molecule has 8 heterocycles. The molecule has 2 aromatic carbocycles. The molecule has 2 aliphatic heterocycles. The molecule has 2 aliphatic rings. The zero-order valence-electron chi connectivity index (χ0n) is 78.1. The first-order valence-electron chi connectivity index (χ1n) is 48.5. The fraction of sp³-hybridized carbons (Fsp3) is 0.720. The minimum Gasteiger partial charge on any atom is -0.243 e. The van der Waals surface area contributed by atoms with Crippen LogP contribution in [0.2, 0.25) is 26.6 Å². The topological polar surface area (TPSA) is 83.2 Å². The van der Waals surface area contributed by atoms with Crippen molar-refractivity contribution in [2.24, 2.45) is 23.7 Å². The number of ether oxygens (including phenoxy) is 2. The summed E-state index contributed by atoms with van der Waals surface area (Å²) in [5.41, 5.74) is 3.92. The van der Waals surface area contributed by atoms with Crippen molar-refractivity contribution in [2.75, 3.05) is 0 Å². The maximum atomic E-state index is 13.1. The fourth-order valence-electron chi connectivity index (χ4n) is 18.4. The Morgan fingerprint density at radius 3 is 0.926 bits per heavy atom. The van der Waals surface area contributed by atoms with E-state index in [-0.39, 0.29) is 40.1 Å². The molecule has 2 atom stereocenters. The molecule has 0 saturated carbocycles. The van der Waals surface area contributed by atoms with Gasteiger partial charge in [0, 0.05) is 0 Å². The number of aryl methyl sites for hydroxylation is 2. The van der Waals surface area contributed by atoms with Crippen molar-refractivity contribution in [3.63, 3.8) is 0 Å². The van der Waals surface area contributed by atoms with Crippen molar-refractivity contribution >= 4 is 185 Å². The summed E-state index contributed by atoms with van der Waals surface area (Å²) in [5.74, 6) is 1.62. The summed E-state index contributed by atoms with van der Waals surface area (Å²) in [6.07, 6.45) is 60.2. The molecule has 0 aliphatic carbocycles. The SMILES string of the molecule is CCCCCCCCCCCCC1(CCCCCCCCCCCC)Oc2cc(C)sc2-c2s[c]([Sn]([CH2]CCC)([CH2]CCC)[CH2]CCC)cc21.CCC[CH2][Sn]([CH2]CCC)([CH2]CCC)[c]1cc2c(s1)-c1sc(C)cc1OC2(CCC(C)CCCC(C)C)CCC(C)CCCC(C)C.Fc1c(F)c(Br)c2nonc2c1Br.Fc1c(F)c(Br)c2nsnc2c1Br. The van der Waals surface area contributed by atoms with Gasteiger partial charge in [-0.1, -0.05) is 52.4 Å². The quantitative estimate of drug-likeness (QED) is 0.0123. The molecule has 0 fully saturated rings. The van der Waals surface area contributed by atoms with E-state index in [9.17, 15) is 17.6 Å². The molecule has 0 spiro atoms. The second-order valence-corrected chi connectivity index (χ2v) is 74.1. The van der Waals surface area contributed by atoms with Gasteiger partial charge in [-0.25, -0.2) is 22.2 Å². The van der Waals surface area contributed by atoms with Gasteiger partial charge in [-0.3, -0.25) is 0 Å². The minimum atomic E-state index is -2.59. The number of unbranched alkanes of at least 4 members (excludes halogenated alkanes) is 24. The van der Waals surface area contributed by atoms with Crippen LogP contribution >= 0.6 is 121 Å². The van der Waals surface area contributed by atoms with Crippen molar-refractivity contribution in [2.45, 2.75) is 431 Å². The summed E-state index contributed by atoms with van der Waals surface area (Å²) in [6, 6.07) is 10.5. The van der Waals surface area contributed by atoms with Crippen molar-refractivity contribution in [3.05, 3.63) is 86.3 Å². The summed E-state index contributed by atoms with van der Waals surface area (Å²) in [5, 5.41) is 6.82. The molecule has 10 rings (SSSR count). The van der Waals surface area contributed by atoms with E-state index in [1.807, 2.05) is 28.5 Å². The number of halogens is 8. The second-order valence-electron chi connectivity index (χ2n) is 37.4. The first kappa shape index (κ1) is 108. The van der Waals surface area contributed by atoms with Crippen LogP contribution in [-0.4, -0.2) is 55.8 Å². The second kappa shape index (κ2) is 57.0. The van der Waals surface area contributed by atoms with Crippen LogP contribution < -0.4 is 15.3 Å². The fourth-order valence-corrected chi connectivity index (χ4v) is 63.9. The van der Waals surface area contributed by atoms with E-state index >= 15 is 0 Å². The number of thiophene rings is 4. The van der Waals surface area contributed by atoms with Crippen molar-refractivity contribution < 1.29 is 31.7 Å². The van der Waals surface area contributed by atoms with E-state index in [0.29, 0.717) is 11.0 Å². The predicted molar refractivity (Wildman–Crippen MR) is 545 cm³/mol. The minimum absolute atomic E-state index is 0.0111. The molecule has 0 saturated heterocycles. The molecule has 122 heavy (non-hydrogen) atoms. The molecule has 2 unspecified atom stereocenters. The summed E-state index contributed by atoms with van der Waals surface area (Å²) in [6.45, 7) is 38.3. The molecule has 0 radical (unpaired) electrons. The van der Waals surface area contributed by atoms with E-state index in [2.05, 4.69) is 245 Å². The maximum absolute atomic E-state index is 13.1. The van der Waals surface area contributed by atoms with Crippen LogP contribution in [0.3, 0.4) is 0 Å². The molecular weight excluding hydrogens is 2100 g/mol. The molecule has 688 valence electrons. The first-order chi connectivity index (χ1) is 58.7. The average molecular weight is 2260 g/mol. The molecular formula is C100H156Br4F4N4O3S5Sn2. The Morgan fingerprint density at radius 1 is 0.336 bits per heavy atom. The van der Waals surface area contributed by atoms with Gasteiger partial charge in [0.2, 0.25) is 0 Å². The Hall–Kier alpha value is -0.703. The molecule has 22 heteroatoms. The van der Waals surface area contributed by atoms with Crippen LogP contribution in [0.1, 0.15) is 400 Å². The van der Waals surface area contributed by atoms with Crippen LogP contribution in [0, 0.1) is 60.8 Å². The van der Waals surface area contributed by atoms with E-state index in [1.165, 1.54) is 314 Å². The Balaban J connectivity index is 0.000000258. The summed E-state index contributed by atoms with van der Waals surface area (Å²) in [7, 11) is 0.